The molecule has 1 aliphatic rings. The summed E-state index contributed by atoms with van der Waals surface area (Å²) in [6.07, 6.45) is 4.62. The largest absolute Gasteiger partial charge is 1.00 e. The van der Waals surface area contributed by atoms with Crippen molar-refractivity contribution in [3.63, 3.8) is 0 Å². The first-order chi connectivity index (χ1) is 12.0. The minimum absolute atomic E-state index is 0. The van der Waals surface area contributed by atoms with Gasteiger partial charge in [-0.25, -0.2) is 0 Å². The molecule has 0 saturated heterocycles. The molecule has 0 bridgehead atoms. The molecule has 1 aromatic carbocycles. The Balaban J connectivity index is 0.00000196. The molecule has 2 aromatic heterocycles. The van der Waals surface area contributed by atoms with Crippen LogP contribution in [0.4, 0.5) is 18.9 Å². The fourth-order valence-corrected chi connectivity index (χ4v) is 4.45. The lowest BCUT2D eigenvalue weighted by molar-refractivity contribution is -0.649. The third kappa shape index (κ3) is 2.98. The highest BCUT2D eigenvalue weighted by molar-refractivity contribution is 7.18. The van der Waals surface area contributed by atoms with E-state index in [2.05, 4.69) is 17.1 Å². The number of allylic oxidation sites excluding steroid dienone is 1. The number of para-hydroxylation sites is 1. The number of hydrogen-bond donors (Lipinski definition) is 0. The number of thiazole rings is 1. The van der Waals surface area contributed by atoms with Crippen LogP contribution in [0.3, 0.4) is 0 Å². The van der Waals surface area contributed by atoms with Gasteiger partial charge in [0.25, 0.3) is 17.3 Å². The summed E-state index contributed by atoms with van der Waals surface area (Å²) < 4.78 is 43.0. The maximum Gasteiger partial charge on any atom is 0.269 e. The molecule has 0 aliphatic carbocycles. The predicted molar refractivity (Wildman–Crippen MR) is 91.1 cm³/mol. The highest BCUT2D eigenvalue weighted by Crippen LogP contribution is 2.36. The van der Waals surface area contributed by atoms with Gasteiger partial charge in [-0.3, -0.25) is 0 Å². The zero-order chi connectivity index (χ0) is 17.7. The molecule has 1 unspecified atom stereocenters. The Morgan fingerprint density at radius 1 is 1.19 bits per heavy atom. The molecule has 136 valence electrons. The minimum Gasteiger partial charge on any atom is -1.00 e. The zero-order valence-electron chi connectivity index (χ0n) is 14.0. The molecule has 3 aromatic rings. The van der Waals surface area contributed by atoms with Crippen molar-refractivity contribution >= 4 is 27.2 Å². The maximum absolute atomic E-state index is 14.1. The number of hydrogen-bond acceptors (Lipinski definition) is 3. The van der Waals surface area contributed by atoms with Gasteiger partial charge in [0.05, 0.1) is 6.42 Å². The Morgan fingerprint density at radius 3 is 2.69 bits per heavy atom. The molecule has 0 radical (unpaired) electrons. The van der Waals surface area contributed by atoms with Crippen LogP contribution in [-0.2, 0) is 13.5 Å². The van der Waals surface area contributed by atoms with E-state index in [-0.39, 0.29) is 40.1 Å². The number of fused-ring (bicyclic) bond motifs is 2. The minimum atomic E-state index is -1.41. The van der Waals surface area contributed by atoms with Crippen molar-refractivity contribution in [1.82, 2.24) is 4.98 Å². The average molecular weight is 489 g/mol. The fourth-order valence-electron chi connectivity index (χ4n) is 3.27. The van der Waals surface area contributed by atoms with Crippen molar-refractivity contribution in [3.05, 3.63) is 64.8 Å². The smallest absolute Gasteiger partial charge is 0.269 e. The SMILES string of the molecule is CN1C=CC(Cc2sc3c(F)nc(F)c(F)c3[n+]2C)c2ccccc21.[I-]. The molecule has 1 aliphatic heterocycles. The van der Waals surface area contributed by atoms with E-state index in [0.29, 0.717) is 6.42 Å². The molecule has 26 heavy (non-hydrogen) atoms. The number of halogens is 4. The summed E-state index contributed by atoms with van der Waals surface area (Å²) in [5, 5.41) is 0.759. The highest BCUT2D eigenvalue weighted by atomic mass is 127. The molecule has 0 amide bonds. The van der Waals surface area contributed by atoms with Crippen molar-refractivity contribution in [2.75, 3.05) is 11.9 Å². The molecule has 0 N–H and O–H groups in total. The molecular formula is C18H15F3IN3S. The number of aromatic nitrogens is 2. The Hall–Kier alpha value is -1.68. The zero-order valence-corrected chi connectivity index (χ0v) is 17.0. The van der Waals surface area contributed by atoms with E-state index in [1.54, 1.807) is 7.05 Å². The maximum atomic E-state index is 14.1. The van der Waals surface area contributed by atoms with Gasteiger partial charge in [-0.1, -0.05) is 35.6 Å². The van der Waals surface area contributed by atoms with Crippen molar-refractivity contribution in [1.29, 1.82) is 0 Å². The van der Waals surface area contributed by atoms with Crippen molar-refractivity contribution in [2.24, 2.45) is 7.05 Å². The van der Waals surface area contributed by atoms with Gasteiger partial charge >= 0.3 is 0 Å². The van der Waals surface area contributed by atoms with Gasteiger partial charge in [-0.05, 0) is 11.6 Å². The summed E-state index contributed by atoms with van der Waals surface area (Å²) in [4.78, 5) is 5.05. The van der Waals surface area contributed by atoms with Crippen molar-refractivity contribution in [3.8, 4) is 0 Å². The highest BCUT2D eigenvalue weighted by Gasteiger charge is 2.30. The topological polar surface area (TPSA) is 20.0 Å². The number of aryl methyl sites for hydroxylation is 1. The second-order valence-electron chi connectivity index (χ2n) is 6.06. The summed E-state index contributed by atoms with van der Waals surface area (Å²) in [6, 6.07) is 8.04. The molecule has 4 rings (SSSR count). The third-order valence-corrected chi connectivity index (χ3v) is 5.81. The quantitative estimate of drug-likeness (QED) is 0.302. The van der Waals surface area contributed by atoms with E-state index in [1.807, 2.05) is 36.3 Å². The van der Waals surface area contributed by atoms with E-state index in [0.717, 1.165) is 27.6 Å². The number of rotatable bonds is 2. The van der Waals surface area contributed by atoms with Crippen LogP contribution >= 0.6 is 11.3 Å². The van der Waals surface area contributed by atoms with Gasteiger partial charge in [0.15, 0.2) is 4.70 Å². The normalized spacial score (nSPS) is 15.9. The van der Waals surface area contributed by atoms with E-state index < -0.39 is 17.7 Å². The summed E-state index contributed by atoms with van der Waals surface area (Å²) in [5.41, 5.74) is 2.18. The monoisotopic (exact) mass is 489 g/mol. The lowest BCUT2D eigenvalue weighted by Crippen LogP contribution is -3.00. The fraction of sp³-hybridized carbons (Fsp3) is 0.222. The van der Waals surface area contributed by atoms with Crippen LogP contribution < -0.4 is 33.4 Å². The second kappa shape index (κ2) is 7.15. The number of benzene rings is 1. The van der Waals surface area contributed by atoms with Gasteiger partial charge in [-0.2, -0.15) is 22.7 Å². The van der Waals surface area contributed by atoms with Crippen LogP contribution in [0.5, 0.6) is 0 Å². The van der Waals surface area contributed by atoms with Crippen LogP contribution in [0.2, 0.25) is 0 Å². The number of pyridine rings is 1. The predicted octanol–water partition coefficient (Wildman–Crippen LogP) is 0.832. The van der Waals surface area contributed by atoms with Crippen molar-refractivity contribution < 1.29 is 41.7 Å². The summed E-state index contributed by atoms with van der Waals surface area (Å²) in [6.45, 7) is 0. The summed E-state index contributed by atoms with van der Waals surface area (Å²) in [5.74, 6) is -3.41. The van der Waals surface area contributed by atoms with E-state index in [9.17, 15) is 13.2 Å². The third-order valence-electron chi connectivity index (χ3n) is 4.57. The van der Waals surface area contributed by atoms with Crippen LogP contribution in [0.15, 0.2) is 36.5 Å². The van der Waals surface area contributed by atoms with Crippen molar-refractivity contribution in [2.45, 2.75) is 12.3 Å². The first-order valence-corrected chi connectivity index (χ1v) is 8.61. The first kappa shape index (κ1) is 19.1. The molecule has 8 heteroatoms. The van der Waals surface area contributed by atoms with Gasteiger partial charge in [0, 0.05) is 24.9 Å². The molecule has 0 fully saturated rings. The standard InChI is InChI=1S/C18H15F3N3S.HI/c1-23-8-7-10(11-5-3-4-6-12(11)23)9-13-24(2)15-14(19)17(20)22-18(21)16(15)25-13;/h3-8,10H,9H2,1-2H3;1H/q+1;/p-1. The van der Waals surface area contributed by atoms with Gasteiger partial charge in [-0.15, -0.1) is 0 Å². The molecule has 0 saturated carbocycles. The van der Waals surface area contributed by atoms with Crippen LogP contribution in [0.1, 0.15) is 16.5 Å². The van der Waals surface area contributed by atoms with Gasteiger partial charge in [0.2, 0.25) is 11.0 Å². The van der Waals surface area contributed by atoms with Gasteiger partial charge in [0.1, 0.15) is 7.05 Å². The van der Waals surface area contributed by atoms with Crippen LogP contribution in [-0.4, -0.2) is 12.0 Å². The average Bonchev–Trinajstić information content (AvgIpc) is 2.93. The summed E-state index contributed by atoms with van der Waals surface area (Å²) >= 11 is 1.11. The summed E-state index contributed by atoms with van der Waals surface area (Å²) in [7, 11) is 3.60. The molecule has 1 atom stereocenters. The first-order valence-electron chi connectivity index (χ1n) is 7.79. The van der Waals surface area contributed by atoms with Gasteiger partial charge < -0.3 is 28.9 Å². The van der Waals surface area contributed by atoms with Crippen LogP contribution in [0.25, 0.3) is 10.2 Å². The molecule has 3 heterocycles. The lowest BCUT2D eigenvalue weighted by Gasteiger charge is -2.26. The number of anilines is 1. The Labute approximate surface area is 169 Å². The molecule has 3 nitrogen and oxygen atoms in total. The molecular weight excluding hydrogens is 474 g/mol. The Bertz CT molecular complexity index is 1020. The van der Waals surface area contributed by atoms with E-state index in [4.69, 9.17) is 0 Å². The van der Waals surface area contributed by atoms with E-state index in [1.165, 1.54) is 4.57 Å². The Morgan fingerprint density at radius 2 is 1.92 bits per heavy atom. The van der Waals surface area contributed by atoms with Crippen LogP contribution in [0, 0.1) is 17.7 Å². The second-order valence-corrected chi connectivity index (χ2v) is 7.15. The number of nitrogens with zero attached hydrogens (tertiary/aromatic N) is 3. The van der Waals surface area contributed by atoms with E-state index >= 15 is 0 Å². The lowest BCUT2D eigenvalue weighted by atomic mass is 9.91. The Kier molecular flexibility index (Phi) is 5.25. The molecule has 0 spiro atoms.